The molecule has 0 aromatic carbocycles. The zero-order valence-electron chi connectivity index (χ0n) is 4.88. The first-order chi connectivity index (χ1) is 3.84. The maximum atomic E-state index is 4.00. The number of hydrogen-bond donors (Lipinski definition) is 0. The Morgan fingerprint density at radius 3 is 2.88 bits per heavy atom. The average Bonchev–Trinajstić information content (AvgIpc) is 2.14. The summed E-state index contributed by atoms with van der Waals surface area (Å²) in [5.41, 5.74) is 0. The van der Waals surface area contributed by atoms with Crippen molar-refractivity contribution >= 4 is 11.8 Å². The molecule has 1 rings (SSSR count). The molecule has 0 unspecified atom stereocenters. The second-order valence-corrected chi connectivity index (χ2v) is 2.21. The molecule has 0 bridgehead atoms. The largest absolute Gasteiger partial charge is 0.321 e. The van der Waals surface area contributed by atoms with Crippen LogP contribution in [0.25, 0.3) is 0 Å². The standard InChI is InChI=1S/C5H7N2S/c1-7-4-3-6-5(7)8-2/h3H,1-2H3. The predicted octanol–water partition coefficient (Wildman–Crippen LogP) is 0.942. The minimum Gasteiger partial charge on any atom is -0.321 e. The molecule has 0 aliphatic rings. The Bertz CT molecular complexity index is 171. The zero-order chi connectivity index (χ0) is 5.98. The Morgan fingerprint density at radius 2 is 2.62 bits per heavy atom. The Hall–Kier alpha value is -0.440. The van der Waals surface area contributed by atoms with Gasteiger partial charge < -0.3 is 4.57 Å². The number of aryl methyl sites for hydroxylation is 1. The summed E-state index contributed by atoms with van der Waals surface area (Å²) >= 11 is 1.62. The van der Waals surface area contributed by atoms with Gasteiger partial charge in [-0.2, -0.15) is 0 Å². The van der Waals surface area contributed by atoms with Crippen LogP contribution in [0, 0.1) is 6.20 Å². The quantitative estimate of drug-likeness (QED) is 0.522. The smallest absolute Gasteiger partial charge is 0.167 e. The number of thioether (sulfide) groups is 1. The number of hydrogen-bond acceptors (Lipinski definition) is 2. The maximum Gasteiger partial charge on any atom is 0.167 e. The highest BCUT2D eigenvalue weighted by atomic mass is 32.2. The highest BCUT2D eigenvalue weighted by Crippen LogP contribution is 2.07. The van der Waals surface area contributed by atoms with Crippen LogP contribution in [0.15, 0.2) is 11.4 Å². The van der Waals surface area contributed by atoms with Crippen molar-refractivity contribution in [3.05, 3.63) is 12.4 Å². The summed E-state index contributed by atoms with van der Waals surface area (Å²) in [5.74, 6) is 0. The molecule has 1 heterocycles. The number of aromatic nitrogens is 2. The van der Waals surface area contributed by atoms with E-state index in [-0.39, 0.29) is 0 Å². The van der Waals surface area contributed by atoms with Crippen LogP contribution < -0.4 is 0 Å². The molecule has 0 aliphatic carbocycles. The average molecular weight is 127 g/mol. The van der Waals surface area contributed by atoms with Gasteiger partial charge in [-0.15, -0.1) is 0 Å². The van der Waals surface area contributed by atoms with Crippen molar-refractivity contribution in [2.45, 2.75) is 5.16 Å². The molecule has 43 valence electrons. The van der Waals surface area contributed by atoms with Crippen LogP contribution in [0.2, 0.25) is 0 Å². The van der Waals surface area contributed by atoms with Crippen LogP contribution in [-0.4, -0.2) is 15.8 Å². The van der Waals surface area contributed by atoms with E-state index in [2.05, 4.69) is 11.2 Å². The van der Waals surface area contributed by atoms with E-state index >= 15 is 0 Å². The molecule has 0 N–H and O–H groups in total. The first-order valence-electron chi connectivity index (χ1n) is 2.28. The highest BCUT2D eigenvalue weighted by Gasteiger charge is 1.92. The van der Waals surface area contributed by atoms with E-state index in [9.17, 15) is 0 Å². The van der Waals surface area contributed by atoms with Crippen LogP contribution >= 0.6 is 11.8 Å². The Morgan fingerprint density at radius 1 is 1.88 bits per heavy atom. The topological polar surface area (TPSA) is 17.8 Å². The van der Waals surface area contributed by atoms with Gasteiger partial charge in [-0.1, -0.05) is 11.8 Å². The molecule has 1 radical (unpaired) electrons. The van der Waals surface area contributed by atoms with Crippen molar-refractivity contribution in [2.24, 2.45) is 7.05 Å². The summed E-state index contributed by atoms with van der Waals surface area (Å²) in [6, 6.07) is 0. The third-order valence-electron chi connectivity index (χ3n) is 0.896. The second kappa shape index (κ2) is 2.22. The van der Waals surface area contributed by atoms with Gasteiger partial charge in [0.2, 0.25) is 0 Å². The monoisotopic (exact) mass is 127 g/mol. The van der Waals surface area contributed by atoms with Crippen LogP contribution in [0.3, 0.4) is 0 Å². The molecule has 0 amide bonds. The van der Waals surface area contributed by atoms with Crippen molar-refractivity contribution in [1.29, 1.82) is 0 Å². The Labute approximate surface area is 52.9 Å². The van der Waals surface area contributed by atoms with Gasteiger partial charge in [-0.25, -0.2) is 4.98 Å². The molecule has 3 heteroatoms. The Balaban J connectivity index is 2.92. The van der Waals surface area contributed by atoms with E-state index in [4.69, 9.17) is 0 Å². The third kappa shape index (κ3) is 0.865. The van der Waals surface area contributed by atoms with Gasteiger partial charge in [0.05, 0.1) is 12.4 Å². The van der Waals surface area contributed by atoms with E-state index in [1.54, 1.807) is 18.0 Å². The second-order valence-electron chi connectivity index (χ2n) is 1.43. The van der Waals surface area contributed by atoms with E-state index in [1.807, 2.05) is 17.9 Å². The summed E-state index contributed by atoms with van der Waals surface area (Å²) in [7, 11) is 1.93. The first-order valence-corrected chi connectivity index (χ1v) is 3.50. The third-order valence-corrected chi connectivity index (χ3v) is 1.64. The fourth-order valence-electron chi connectivity index (χ4n) is 0.502. The molecule has 0 atom stereocenters. The lowest BCUT2D eigenvalue weighted by Crippen LogP contribution is -1.86. The molecule has 8 heavy (non-hydrogen) atoms. The van der Waals surface area contributed by atoms with Crippen LogP contribution in [-0.2, 0) is 7.05 Å². The van der Waals surface area contributed by atoms with Crippen molar-refractivity contribution < 1.29 is 0 Å². The lowest BCUT2D eigenvalue weighted by atomic mass is 10.9. The molecule has 0 saturated carbocycles. The predicted molar refractivity (Wildman–Crippen MR) is 33.8 cm³/mol. The molecular weight excluding hydrogens is 120 g/mol. The van der Waals surface area contributed by atoms with Crippen molar-refractivity contribution in [2.75, 3.05) is 6.26 Å². The van der Waals surface area contributed by atoms with Crippen LogP contribution in [0.1, 0.15) is 0 Å². The SMILES string of the molecule is CSc1nc[c]n1C. The van der Waals surface area contributed by atoms with Gasteiger partial charge in [0.15, 0.2) is 5.16 Å². The molecule has 0 saturated heterocycles. The number of imidazole rings is 1. The maximum absolute atomic E-state index is 4.00. The lowest BCUT2D eigenvalue weighted by molar-refractivity contribution is 0.786. The fraction of sp³-hybridized carbons (Fsp3) is 0.400. The van der Waals surface area contributed by atoms with E-state index < -0.39 is 0 Å². The minimum atomic E-state index is 1.00. The van der Waals surface area contributed by atoms with Gasteiger partial charge in [0.25, 0.3) is 0 Å². The van der Waals surface area contributed by atoms with Crippen molar-refractivity contribution in [1.82, 2.24) is 9.55 Å². The number of nitrogens with zero attached hydrogens (tertiary/aromatic N) is 2. The minimum absolute atomic E-state index is 1.00. The van der Waals surface area contributed by atoms with Gasteiger partial charge >= 0.3 is 0 Å². The van der Waals surface area contributed by atoms with E-state index in [0.29, 0.717) is 0 Å². The van der Waals surface area contributed by atoms with Gasteiger partial charge in [0, 0.05) is 7.05 Å². The fourth-order valence-corrected chi connectivity index (χ4v) is 0.987. The number of rotatable bonds is 1. The van der Waals surface area contributed by atoms with Crippen LogP contribution in [0.5, 0.6) is 0 Å². The van der Waals surface area contributed by atoms with Crippen molar-refractivity contribution in [3.63, 3.8) is 0 Å². The van der Waals surface area contributed by atoms with E-state index in [0.717, 1.165) is 5.16 Å². The van der Waals surface area contributed by atoms with Crippen LogP contribution in [0.4, 0.5) is 0 Å². The first kappa shape index (κ1) is 5.69. The van der Waals surface area contributed by atoms with Crippen molar-refractivity contribution in [3.8, 4) is 0 Å². The summed E-state index contributed by atoms with van der Waals surface area (Å²) in [4.78, 5) is 4.00. The van der Waals surface area contributed by atoms with Gasteiger partial charge in [-0.3, -0.25) is 0 Å². The summed E-state index contributed by atoms with van der Waals surface area (Å²) in [6.07, 6.45) is 6.57. The lowest BCUT2D eigenvalue weighted by Gasteiger charge is -1.91. The molecular formula is C5H7N2S. The molecule has 1 aromatic rings. The summed E-state index contributed by atoms with van der Waals surface area (Å²) < 4.78 is 1.87. The molecule has 0 spiro atoms. The van der Waals surface area contributed by atoms with E-state index in [1.165, 1.54) is 0 Å². The van der Waals surface area contributed by atoms with Gasteiger partial charge in [-0.05, 0) is 6.26 Å². The molecule has 2 nitrogen and oxygen atoms in total. The molecule has 0 fully saturated rings. The summed E-state index contributed by atoms with van der Waals surface area (Å²) in [6.45, 7) is 0. The van der Waals surface area contributed by atoms with Gasteiger partial charge in [0.1, 0.15) is 0 Å². The normalized spacial score (nSPS) is 9.75. The Kier molecular flexibility index (Phi) is 1.58. The molecule has 0 aliphatic heterocycles. The molecule has 1 aromatic heterocycles. The summed E-state index contributed by atoms with van der Waals surface area (Å²) in [5, 5.41) is 1.00. The zero-order valence-corrected chi connectivity index (χ0v) is 5.70. The highest BCUT2D eigenvalue weighted by molar-refractivity contribution is 7.98.